The van der Waals surface area contributed by atoms with Crippen LogP contribution in [0.15, 0.2) is 53.8 Å². The molecule has 2 aromatic rings. The number of hydrogen-bond donors (Lipinski definition) is 3. The summed E-state index contributed by atoms with van der Waals surface area (Å²) in [4.78, 5) is 4.58. The molecule has 0 spiro atoms. The predicted molar refractivity (Wildman–Crippen MR) is 105 cm³/mol. The molecular formula is C18H27N5O2S. The van der Waals surface area contributed by atoms with Gasteiger partial charge in [0.15, 0.2) is 5.96 Å². The summed E-state index contributed by atoms with van der Waals surface area (Å²) in [7, 11) is -1.83. The Balaban J connectivity index is 1.89. The summed E-state index contributed by atoms with van der Waals surface area (Å²) < 4.78 is 27.6. The van der Waals surface area contributed by atoms with E-state index in [2.05, 4.69) is 24.9 Å². The van der Waals surface area contributed by atoms with Gasteiger partial charge in [-0.05, 0) is 37.2 Å². The van der Waals surface area contributed by atoms with Gasteiger partial charge >= 0.3 is 0 Å². The number of aliphatic imine (C=N–C) groups is 1. The Bertz CT molecular complexity index is 783. The molecule has 0 saturated carbocycles. The van der Waals surface area contributed by atoms with Crippen LogP contribution in [0.4, 0.5) is 0 Å². The van der Waals surface area contributed by atoms with E-state index in [1.54, 1.807) is 0 Å². The van der Waals surface area contributed by atoms with Crippen molar-refractivity contribution in [2.24, 2.45) is 4.99 Å². The molecule has 7 nitrogen and oxygen atoms in total. The zero-order valence-electron chi connectivity index (χ0n) is 15.3. The van der Waals surface area contributed by atoms with Gasteiger partial charge in [-0.15, -0.1) is 0 Å². The fourth-order valence-electron chi connectivity index (χ4n) is 2.37. The van der Waals surface area contributed by atoms with Crippen LogP contribution in [0.3, 0.4) is 0 Å². The summed E-state index contributed by atoms with van der Waals surface area (Å²) in [5.41, 5.74) is 1.78. The molecular weight excluding hydrogens is 350 g/mol. The van der Waals surface area contributed by atoms with Crippen molar-refractivity contribution in [2.45, 2.75) is 25.8 Å². The van der Waals surface area contributed by atoms with Gasteiger partial charge in [0.25, 0.3) is 0 Å². The predicted octanol–water partition coefficient (Wildman–Crippen LogP) is 1.29. The smallest absolute Gasteiger partial charge is 0.215 e. The summed E-state index contributed by atoms with van der Waals surface area (Å²) >= 11 is 0. The molecule has 142 valence electrons. The number of sulfonamides is 1. The van der Waals surface area contributed by atoms with Crippen molar-refractivity contribution in [1.82, 2.24) is 19.9 Å². The number of nitrogens with zero attached hydrogens (tertiary/aromatic N) is 2. The van der Waals surface area contributed by atoms with Crippen LogP contribution in [0.5, 0.6) is 0 Å². The first-order valence-electron chi connectivity index (χ1n) is 8.64. The van der Waals surface area contributed by atoms with Gasteiger partial charge in [-0.3, -0.25) is 0 Å². The quantitative estimate of drug-likeness (QED) is 0.454. The third-order valence-corrected chi connectivity index (χ3v) is 5.12. The van der Waals surface area contributed by atoms with E-state index in [0.29, 0.717) is 6.54 Å². The number of aromatic nitrogens is 1. The van der Waals surface area contributed by atoms with E-state index >= 15 is 0 Å². The molecule has 0 aliphatic rings. The molecule has 8 heteroatoms. The van der Waals surface area contributed by atoms with Crippen molar-refractivity contribution in [1.29, 1.82) is 0 Å². The van der Waals surface area contributed by atoms with Gasteiger partial charge in [-0.1, -0.05) is 24.3 Å². The van der Waals surface area contributed by atoms with Crippen molar-refractivity contribution < 1.29 is 8.42 Å². The Hall–Kier alpha value is -2.32. The highest BCUT2D eigenvalue weighted by molar-refractivity contribution is 7.88. The number of rotatable bonds is 9. The van der Waals surface area contributed by atoms with E-state index in [4.69, 9.17) is 0 Å². The topological polar surface area (TPSA) is 87.5 Å². The second-order valence-electron chi connectivity index (χ2n) is 5.82. The monoisotopic (exact) mass is 377 g/mol. The Morgan fingerprint density at radius 2 is 1.73 bits per heavy atom. The Morgan fingerprint density at radius 3 is 2.35 bits per heavy atom. The molecule has 26 heavy (non-hydrogen) atoms. The van der Waals surface area contributed by atoms with E-state index < -0.39 is 10.0 Å². The summed E-state index contributed by atoms with van der Waals surface area (Å²) in [6.07, 6.45) is 4.06. The molecule has 0 saturated heterocycles. The first-order valence-corrected chi connectivity index (χ1v) is 10.3. The fourth-order valence-corrected chi connectivity index (χ4v) is 3.14. The van der Waals surface area contributed by atoms with Gasteiger partial charge < -0.3 is 15.2 Å². The maximum atomic E-state index is 11.6. The van der Waals surface area contributed by atoms with Gasteiger partial charge in [0, 0.05) is 32.0 Å². The first-order chi connectivity index (χ1) is 12.5. The highest BCUT2D eigenvalue weighted by Crippen LogP contribution is 2.08. The fraction of sp³-hybridized carbons (Fsp3) is 0.389. The van der Waals surface area contributed by atoms with Crippen LogP contribution in [-0.2, 0) is 28.9 Å². The summed E-state index contributed by atoms with van der Waals surface area (Å²) in [5, 5.41) is 6.53. The van der Waals surface area contributed by atoms with E-state index in [1.165, 1.54) is 7.05 Å². The number of benzene rings is 1. The Labute approximate surface area is 155 Å². The number of nitrogens with one attached hydrogen (secondary N) is 3. The molecule has 0 aliphatic heterocycles. The molecule has 1 heterocycles. The van der Waals surface area contributed by atoms with Crippen molar-refractivity contribution in [3.8, 4) is 0 Å². The van der Waals surface area contributed by atoms with E-state index in [9.17, 15) is 8.42 Å². The molecule has 3 N–H and O–H groups in total. The van der Waals surface area contributed by atoms with Crippen molar-refractivity contribution >= 4 is 16.0 Å². The minimum absolute atomic E-state index is 0.0172. The highest BCUT2D eigenvalue weighted by Gasteiger charge is 2.08. The normalized spacial score (nSPS) is 12.2. The minimum Gasteiger partial charge on any atom is -0.357 e. The van der Waals surface area contributed by atoms with Gasteiger partial charge in [0.1, 0.15) is 0 Å². The van der Waals surface area contributed by atoms with E-state index in [-0.39, 0.29) is 5.75 Å². The lowest BCUT2D eigenvalue weighted by molar-refractivity contribution is 0.587. The van der Waals surface area contributed by atoms with Crippen LogP contribution in [0, 0.1) is 0 Å². The lowest BCUT2D eigenvalue weighted by Gasteiger charge is -2.12. The van der Waals surface area contributed by atoms with Crippen LogP contribution >= 0.6 is 0 Å². The second kappa shape index (κ2) is 9.98. The number of hydrogen-bond acceptors (Lipinski definition) is 3. The first kappa shape index (κ1) is 20.0. The van der Waals surface area contributed by atoms with Crippen molar-refractivity contribution in [3.63, 3.8) is 0 Å². The van der Waals surface area contributed by atoms with Gasteiger partial charge in [-0.2, -0.15) is 0 Å². The van der Waals surface area contributed by atoms with Crippen LogP contribution in [0.1, 0.15) is 18.1 Å². The Morgan fingerprint density at radius 1 is 1.08 bits per heavy atom. The summed E-state index contributed by atoms with van der Waals surface area (Å²) in [6.45, 7) is 4.99. The second-order valence-corrected chi connectivity index (χ2v) is 7.75. The molecule has 0 aliphatic carbocycles. The number of guanidine groups is 1. The van der Waals surface area contributed by atoms with Crippen LogP contribution in [0.25, 0.3) is 0 Å². The zero-order chi connectivity index (χ0) is 18.8. The van der Waals surface area contributed by atoms with Gasteiger partial charge in [0.2, 0.25) is 10.0 Å². The Kier molecular flexibility index (Phi) is 7.68. The molecule has 2 rings (SSSR count). The zero-order valence-corrected chi connectivity index (χ0v) is 16.1. The molecule has 1 aromatic carbocycles. The van der Waals surface area contributed by atoms with Crippen LogP contribution in [-0.4, -0.2) is 39.1 Å². The third kappa shape index (κ3) is 6.89. The molecule has 0 amide bonds. The third-order valence-electron chi connectivity index (χ3n) is 3.78. The molecule has 0 unspecified atom stereocenters. The minimum atomic E-state index is -3.25. The van der Waals surface area contributed by atoms with Gasteiger partial charge in [0.05, 0.1) is 12.3 Å². The summed E-state index contributed by atoms with van der Waals surface area (Å²) in [6, 6.07) is 11.5. The maximum absolute atomic E-state index is 11.6. The molecule has 0 atom stereocenters. The summed E-state index contributed by atoms with van der Waals surface area (Å²) in [5.74, 6) is 0.748. The maximum Gasteiger partial charge on any atom is 0.215 e. The van der Waals surface area contributed by atoms with Crippen LogP contribution in [0.2, 0.25) is 0 Å². The SMILES string of the molecule is CCNC(=NCc1ccc(CS(=O)(=O)NC)cc1)NCCn1cccc1. The molecule has 0 fully saturated rings. The average molecular weight is 378 g/mol. The lowest BCUT2D eigenvalue weighted by Crippen LogP contribution is -2.38. The molecule has 0 bridgehead atoms. The van der Waals surface area contributed by atoms with Crippen molar-refractivity contribution in [2.75, 3.05) is 20.1 Å². The standard InChI is InChI=1S/C18H27N5O2S/c1-3-20-18(21-10-13-23-11-4-5-12-23)22-14-16-6-8-17(9-7-16)15-26(24,25)19-2/h4-9,11-12,19H,3,10,13-15H2,1-2H3,(H2,20,21,22). The lowest BCUT2D eigenvalue weighted by atomic mass is 10.1. The van der Waals surface area contributed by atoms with E-state index in [0.717, 1.165) is 36.7 Å². The van der Waals surface area contributed by atoms with Crippen LogP contribution < -0.4 is 15.4 Å². The molecule has 0 radical (unpaired) electrons. The largest absolute Gasteiger partial charge is 0.357 e. The highest BCUT2D eigenvalue weighted by atomic mass is 32.2. The van der Waals surface area contributed by atoms with E-state index in [1.807, 2.05) is 55.7 Å². The average Bonchev–Trinajstić information content (AvgIpc) is 3.14. The van der Waals surface area contributed by atoms with Crippen molar-refractivity contribution in [3.05, 3.63) is 59.9 Å². The van der Waals surface area contributed by atoms with Gasteiger partial charge in [-0.25, -0.2) is 18.1 Å². The molecule has 1 aromatic heterocycles.